The van der Waals surface area contributed by atoms with Gasteiger partial charge >= 0.3 is 0 Å². The molecule has 0 bridgehead atoms. The summed E-state index contributed by atoms with van der Waals surface area (Å²) in [5.41, 5.74) is 0.442. The van der Waals surface area contributed by atoms with Gasteiger partial charge in [0, 0.05) is 5.56 Å². The van der Waals surface area contributed by atoms with Crippen molar-refractivity contribution in [2.75, 3.05) is 0 Å². The van der Waals surface area contributed by atoms with Crippen LogP contribution in [0.2, 0.25) is 0 Å². The quantitative estimate of drug-likeness (QED) is 0.764. The maximum absolute atomic E-state index is 12.0. The van der Waals surface area contributed by atoms with Crippen LogP contribution in [0.25, 0.3) is 11.3 Å². The van der Waals surface area contributed by atoms with Gasteiger partial charge in [-0.05, 0) is 19.1 Å². The first-order chi connectivity index (χ1) is 9.00. The lowest BCUT2D eigenvalue weighted by atomic mass is 9.88. The third kappa shape index (κ3) is 1.52. The second-order valence-corrected chi connectivity index (χ2v) is 4.43. The van der Waals surface area contributed by atoms with Gasteiger partial charge < -0.3 is 14.6 Å². The number of aromatic hydroxyl groups is 1. The van der Waals surface area contributed by atoms with Gasteiger partial charge in [0.1, 0.15) is 23.4 Å². The van der Waals surface area contributed by atoms with Crippen LogP contribution in [0.5, 0.6) is 5.75 Å². The number of phenolic OH excluding ortho intramolecular Hbond substituents is 1. The molecule has 2 N–H and O–H groups in total. The summed E-state index contributed by atoms with van der Waals surface area (Å²) in [4.78, 5) is 23.9. The lowest BCUT2D eigenvalue weighted by molar-refractivity contribution is 0.0812. The number of hydrogen-bond acceptors (Lipinski definition) is 5. The number of benzene rings is 1. The third-order valence-electron chi connectivity index (χ3n) is 3.13. The van der Waals surface area contributed by atoms with Crippen LogP contribution in [-0.4, -0.2) is 21.8 Å². The first kappa shape index (κ1) is 11.7. The van der Waals surface area contributed by atoms with Gasteiger partial charge in [0.15, 0.2) is 0 Å². The monoisotopic (exact) mass is 258 g/mol. The molecule has 1 aliphatic rings. The number of hydrogen-bond donors (Lipinski definition) is 2. The predicted molar refractivity (Wildman–Crippen MR) is 65.1 cm³/mol. The second-order valence-electron chi connectivity index (χ2n) is 4.43. The Bertz CT molecular complexity index is 709. The summed E-state index contributed by atoms with van der Waals surface area (Å²) < 4.78 is 5.43. The maximum atomic E-state index is 12.0. The highest BCUT2D eigenvalue weighted by molar-refractivity contribution is 6.53. The average molecular weight is 258 g/mol. The van der Waals surface area contributed by atoms with Gasteiger partial charge in [-0.15, -0.1) is 0 Å². The number of Topliss-reactive ketones (excluding diaryl/α,β-unsaturated/α-hetero) is 2. The molecule has 0 amide bonds. The third-order valence-corrected chi connectivity index (χ3v) is 3.13. The Labute approximate surface area is 108 Å². The molecule has 19 heavy (non-hydrogen) atoms. The summed E-state index contributed by atoms with van der Waals surface area (Å²) >= 11 is 0. The molecule has 1 atom stereocenters. The predicted octanol–water partition coefficient (Wildman–Crippen LogP) is 2.08. The van der Waals surface area contributed by atoms with Crippen LogP contribution < -0.4 is 0 Å². The molecule has 1 aromatic heterocycles. The topological polar surface area (TPSA) is 87.7 Å². The van der Waals surface area contributed by atoms with Crippen LogP contribution in [0.4, 0.5) is 0 Å². The fraction of sp³-hybridized carbons (Fsp3) is 0.143. The summed E-state index contributed by atoms with van der Waals surface area (Å²) in [6.07, 6.45) is -0.880. The molecule has 0 saturated carbocycles. The molecule has 0 radical (unpaired) electrons. The van der Waals surface area contributed by atoms with Crippen LogP contribution in [0, 0.1) is 0 Å². The van der Waals surface area contributed by atoms with Crippen molar-refractivity contribution in [1.82, 2.24) is 0 Å². The maximum Gasteiger partial charge on any atom is 0.238 e. The van der Waals surface area contributed by atoms with Crippen molar-refractivity contribution in [3.8, 4) is 17.1 Å². The highest BCUT2D eigenvalue weighted by Crippen LogP contribution is 2.40. The summed E-state index contributed by atoms with van der Waals surface area (Å²) in [7, 11) is 0. The number of furan rings is 1. The van der Waals surface area contributed by atoms with E-state index in [9.17, 15) is 19.8 Å². The second kappa shape index (κ2) is 3.80. The smallest absolute Gasteiger partial charge is 0.238 e. The van der Waals surface area contributed by atoms with Gasteiger partial charge in [0.05, 0.1) is 11.1 Å². The summed E-state index contributed by atoms with van der Waals surface area (Å²) in [5, 5.41) is 19.2. The highest BCUT2D eigenvalue weighted by Gasteiger charge is 2.36. The fourth-order valence-electron chi connectivity index (χ4n) is 2.19. The molecule has 2 aromatic rings. The van der Waals surface area contributed by atoms with E-state index in [1.807, 2.05) is 0 Å². The van der Waals surface area contributed by atoms with Crippen molar-refractivity contribution in [3.63, 3.8) is 0 Å². The largest absolute Gasteiger partial charge is 0.507 e. The molecule has 1 aliphatic carbocycles. The van der Waals surface area contributed by atoms with Crippen LogP contribution in [0.3, 0.4) is 0 Å². The van der Waals surface area contributed by atoms with E-state index in [4.69, 9.17) is 4.42 Å². The molecule has 1 heterocycles. The molecule has 0 spiro atoms. The van der Waals surface area contributed by atoms with Crippen molar-refractivity contribution in [3.05, 3.63) is 41.2 Å². The van der Waals surface area contributed by atoms with Crippen molar-refractivity contribution in [2.45, 2.75) is 13.0 Å². The van der Waals surface area contributed by atoms with E-state index in [1.165, 1.54) is 19.1 Å². The molecular formula is C14H10O5. The Kier molecular flexibility index (Phi) is 2.33. The number of rotatable bonds is 1. The number of ketones is 2. The van der Waals surface area contributed by atoms with Gasteiger partial charge in [-0.2, -0.15) is 0 Å². The van der Waals surface area contributed by atoms with Crippen LogP contribution in [0.15, 0.2) is 28.7 Å². The van der Waals surface area contributed by atoms with Crippen LogP contribution >= 0.6 is 0 Å². The Balaban J connectivity index is 2.34. The van der Waals surface area contributed by atoms with E-state index < -0.39 is 17.7 Å². The number of carbonyl (C=O) groups excluding carboxylic acids is 2. The Morgan fingerprint density at radius 3 is 2.58 bits per heavy atom. The number of carbonyl (C=O) groups is 2. The molecular weight excluding hydrogens is 248 g/mol. The Hall–Kier alpha value is -2.40. The Morgan fingerprint density at radius 1 is 1.16 bits per heavy atom. The molecule has 1 unspecified atom stereocenters. The minimum atomic E-state index is -0.880. The van der Waals surface area contributed by atoms with Gasteiger partial charge in [-0.3, -0.25) is 9.59 Å². The van der Waals surface area contributed by atoms with E-state index in [-0.39, 0.29) is 28.4 Å². The van der Waals surface area contributed by atoms with Gasteiger partial charge in [-0.25, -0.2) is 0 Å². The van der Waals surface area contributed by atoms with Crippen LogP contribution in [-0.2, 0) is 0 Å². The molecule has 96 valence electrons. The van der Waals surface area contributed by atoms with E-state index >= 15 is 0 Å². The molecule has 0 aliphatic heterocycles. The number of fused-ring (bicyclic) bond motifs is 3. The molecule has 1 aromatic carbocycles. The summed E-state index contributed by atoms with van der Waals surface area (Å²) in [6.45, 7) is 1.50. The Morgan fingerprint density at radius 2 is 1.89 bits per heavy atom. The average Bonchev–Trinajstić information content (AvgIpc) is 2.81. The van der Waals surface area contributed by atoms with Crippen LogP contribution in [0.1, 0.15) is 39.5 Å². The normalized spacial score (nSPS) is 15.1. The van der Waals surface area contributed by atoms with E-state index in [2.05, 4.69) is 0 Å². The zero-order chi connectivity index (χ0) is 13.7. The lowest BCUT2D eigenvalue weighted by Gasteiger charge is -2.13. The molecule has 5 nitrogen and oxygen atoms in total. The van der Waals surface area contributed by atoms with Gasteiger partial charge in [0.2, 0.25) is 11.6 Å². The summed E-state index contributed by atoms with van der Waals surface area (Å²) in [6, 6.07) is 5.86. The minimum Gasteiger partial charge on any atom is -0.507 e. The van der Waals surface area contributed by atoms with E-state index in [1.54, 1.807) is 12.1 Å². The number of aliphatic hydroxyl groups excluding tert-OH is 1. The summed E-state index contributed by atoms with van der Waals surface area (Å²) in [5.74, 6) is -1.33. The van der Waals surface area contributed by atoms with Crippen molar-refractivity contribution >= 4 is 11.6 Å². The van der Waals surface area contributed by atoms with Crippen molar-refractivity contribution in [1.29, 1.82) is 0 Å². The molecule has 0 fully saturated rings. The van der Waals surface area contributed by atoms with Gasteiger partial charge in [-0.1, -0.05) is 12.1 Å². The van der Waals surface area contributed by atoms with E-state index in [0.717, 1.165) is 0 Å². The number of phenols is 1. The van der Waals surface area contributed by atoms with E-state index in [0.29, 0.717) is 5.56 Å². The molecule has 0 saturated heterocycles. The van der Waals surface area contributed by atoms with Crippen molar-refractivity contribution < 1.29 is 24.2 Å². The fourth-order valence-corrected chi connectivity index (χ4v) is 2.19. The zero-order valence-electron chi connectivity index (χ0n) is 10.0. The van der Waals surface area contributed by atoms with Crippen molar-refractivity contribution in [2.24, 2.45) is 0 Å². The standard InChI is InChI=1S/C14H10O5/c1-6(15)10-5-8-12(17)13(18)11-7(14(8)19-10)3-2-4-9(11)16/h2-6,15-16H,1H3. The SMILES string of the molecule is CC(O)c1cc2c(o1)-c1cccc(O)c1C(=O)C2=O. The minimum absolute atomic E-state index is 0.0495. The zero-order valence-corrected chi connectivity index (χ0v) is 10.0. The first-order valence-corrected chi connectivity index (χ1v) is 5.74. The first-order valence-electron chi connectivity index (χ1n) is 5.74. The van der Waals surface area contributed by atoms with Gasteiger partial charge in [0.25, 0.3) is 0 Å². The lowest BCUT2D eigenvalue weighted by Crippen LogP contribution is -2.20. The molecule has 5 heteroatoms. The number of aliphatic hydroxyl groups is 1. The molecule has 3 rings (SSSR count). The highest BCUT2D eigenvalue weighted by atomic mass is 16.4.